The number of alkyl carbamates (subject to hydrolysis) is 1. The number of nitrogens with one attached hydrogen (secondary N) is 1. The second kappa shape index (κ2) is 5.27. The quantitative estimate of drug-likeness (QED) is 0.751. The van der Waals surface area contributed by atoms with Gasteiger partial charge >= 0.3 is 12.1 Å². The first-order chi connectivity index (χ1) is 8.99. The molecule has 1 fully saturated rings. The predicted octanol–water partition coefficient (Wildman–Crippen LogP) is 0.891. The molecule has 0 unspecified atom stereocenters. The molecule has 0 atom stereocenters. The third-order valence-corrected chi connectivity index (χ3v) is 3.10. The van der Waals surface area contributed by atoms with Crippen molar-refractivity contribution in [3.63, 3.8) is 0 Å². The average Bonchev–Trinajstić information content (AvgIpc) is 2.35. The highest BCUT2D eigenvalue weighted by atomic mass is 16.5. The molecular weight excluding hydrogens is 250 g/mol. The molecule has 1 aliphatic carbocycles. The summed E-state index contributed by atoms with van der Waals surface area (Å²) in [6, 6.07) is 8.86. The molecule has 3 N–H and O–H groups in total. The molecule has 1 aromatic carbocycles. The van der Waals surface area contributed by atoms with E-state index in [1.54, 1.807) is 0 Å². The number of rotatable bonds is 4. The Labute approximate surface area is 110 Å². The summed E-state index contributed by atoms with van der Waals surface area (Å²) in [7, 11) is 0. The number of benzene rings is 1. The predicted molar refractivity (Wildman–Crippen MR) is 65.4 cm³/mol. The maximum Gasteiger partial charge on any atom is 0.407 e. The Morgan fingerprint density at radius 3 is 2.53 bits per heavy atom. The van der Waals surface area contributed by atoms with Gasteiger partial charge in [0.25, 0.3) is 0 Å². The van der Waals surface area contributed by atoms with E-state index < -0.39 is 17.7 Å². The van der Waals surface area contributed by atoms with Crippen LogP contribution in [-0.4, -0.2) is 33.9 Å². The zero-order valence-corrected chi connectivity index (χ0v) is 10.2. The van der Waals surface area contributed by atoms with E-state index in [1.165, 1.54) is 0 Å². The van der Waals surface area contributed by atoms with Crippen LogP contribution in [-0.2, 0) is 16.1 Å². The number of ether oxygens (including phenoxy) is 1. The summed E-state index contributed by atoms with van der Waals surface area (Å²) in [4.78, 5) is 22.1. The van der Waals surface area contributed by atoms with Crippen LogP contribution in [0.15, 0.2) is 30.3 Å². The smallest absolute Gasteiger partial charge is 0.407 e. The summed E-state index contributed by atoms with van der Waals surface area (Å²) >= 11 is 0. The molecular formula is C13H15NO5. The van der Waals surface area contributed by atoms with Crippen LogP contribution in [0.1, 0.15) is 18.4 Å². The highest BCUT2D eigenvalue weighted by Crippen LogP contribution is 2.32. The number of hydrogen-bond donors (Lipinski definition) is 3. The number of aliphatic hydroxyl groups is 1. The molecule has 1 amide bonds. The number of aliphatic carboxylic acids is 1. The fourth-order valence-electron chi connectivity index (χ4n) is 1.96. The maximum atomic E-state index is 11.4. The van der Waals surface area contributed by atoms with Crippen molar-refractivity contribution >= 4 is 12.1 Å². The summed E-state index contributed by atoms with van der Waals surface area (Å²) < 4.78 is 4.98. The van der Waals surface area contributed by atoms with Crippen LogP contribution in [0.2, 0.25) is 0 Å². The van der Waals surface area contributed by atoms with Gasteiger partial charge in [-0.25, -0.2) is 9.59 Å². The van der Waals surface area contributed by atoms with Gasteiger partial charge in [-0.2, -0.15) is 0 Å². The van der Waals surface area contributed by atoms with Gasteiger partial charge in [0.2, 0.25) is 0 Å². The standard InChI is InChI=1S/C13H15NO5/c15-11(16)13(18)6-10(7-13)14-12(17)19-8-9-4-2-1-3-5-9/h1-5,10,18H,6-8H2,(H,14,17)(H,15,16)/t10-,13-. The largest absolute Gasteiger partial charge is 0.479 e. The van der Waals surface area contributed by atoms with Gasteiger partial charge in [-0.15, -0.1) is 0 Å². The van der Waals surface area contributed by atoms with Crippen molar-refractivity contribution in [1.29, 1.82) is 0 Å². The lowest BCUT2D eigenvalue weighted by atomic mass is 9.76. The van der Waals surface area contributed by atoms with Crippen LogP contribution in [0.25, 0.3) is 0 Å². The van der Waals surface area contributed by atoms with Crippen LogP contribution in [0.5, 0.6) is 0 Å². The molecule has 6 heteroatoms. The number of hydrogen-bond acceptors (Lipinski definition) is 4. The summed E-state index contributed by atoms with van der Waals surface area (Å²) in [5.74, 6) is -1.26. The molecule has 19 heavy (non-hydrogen) atoms. The van der Waals surface area contributed by atoms with E-state index in [4.69, 9.17) is 9.84 Å². The topological polar surface area (TPSA) is 95.9 Å². The highest BCUT2D eigenvalue weighted by Gasteiger charge is 2.49. The average molecular weight is 265 g/mol. The van der Waals surface area contributed by atoms with Crippen LogP contribution in [0, 0.1) is 0 Å². The van der Waals surface area contributed by atoms with Gasteiger partial charge in [0.15, 0.2) is 5.60 Å². The molecule has 1 saturated carbocycles. The van der Waals surface area contributed by atoms with Crippen molar-refractivity contribution in [3.8, 4) is 0 Å². The van der Waals surface area contributed by atoms with Crippen molar-refractivity contribution in [2.24, 2.45) is 0 Å². The minimum Gasteiger partial charge on any atom is -0.479 e. The van der Waals surface area contributed by atoms with Gasteiger partial charge < -0.3 is 20.3 Å². The minimum atomic E-state index is -1.71. The SMILES string of the molecule is O=C(N[C@H]1C[C@@](O)(C(=O)O)C1)OCc1ccccc1. The number of carboxylic acid groups (broad SMARTS) is 1. The Morgan fingerprint density at radius 1 is 1.32 bits per heavy atom. The number of amides is 1. The second-order valence-corrected chi connectivity index (χ2v) is 4.65. The minimum absolute atomic E-state index is 0.00275. The van der Waals surface area contributed by atoms with Crippen LogP contribution in [0.4, 0.5) is 4.79 Å². The molecule has 1 aliphatic rings. The molecule has 0 radical (unpaired) electrons. The second-order valence-electron chi connectivity index (χ2n) is 4.65. The number of carboxylic acids is 1. The van der Waals surface area contributed by atoms with Crippen molar-refractivity contribution in [2.75, 3.05) is 0 Å². The van der Waals surface area contributed by atoms with Gasteiger partial charge in [-0.1, -0.05) is 30.3 Å². The Hall–Kier alpha value is -2.08. The molecule has 0 saturated heterocycles. The van der Waals surface area contributed by atoms with Crippen LogP contribution < -0.4 is 5.32 Å². The number of carbonyl (C=O) groups is 2. The first-order valence-corrected chi connectivity index (χ1v) is 5.92. The van der Waals surface area contributed by atoms with E-state index in [2.05, 4.69) is 5.32 Å². The van der Waals surface area contributed by atoms with E-state index in [-0.39, 0.29) is 25.5 Å². The third-order valence-electron chi connectivity index (χ3n) is 3.10. The van der Waals surface area contributed by atoms with E-state index in [0.717, 1.165) is 5.56 Å². The van der Waals surface area contributed by atoms with Gasteiger partial charge in [-0.3, -0.25) is 0 Å². The lowest BCUT2D eigenvalue weighted by molar-refractivity contribution is -0.170. The molecule has 0 bridgehead atoms. The van der Waals surface area contributed by atoms with E-state index >= 15 is 0 Å². The van der Waals surface area contributed by atoms with Gasteiger partial charge in [0.05, 0.1) is 0 Å². The molecule has 6 nitrogen and oxygen atoms in total. The highest BCUT2D eigenvalue weighted by molar-refractivity contribution is 5.79. The maximum absolute atomic E-state index is 11.4. The van der Waals surface area contributed by atoms with Gasteiger partial charge in [0, 0.05) is 18.9 Å². The molecule has 0 heterocycles. The van der Waals surface area contributed by atoms with Crippen LogP contribution >= 0.6 is 0 Å². The lowest BCUT2D eigenvalue weighted by Gasteiger charge is -2.39. The monoisotopic (exact) mass is 265 g/mol. The van der Waals surface area contributed by atoms with Gasteiger partial charge in [-0.05, 0) is 5.56 Å². The zero-order chi connectivity index (χ0) is 13.9. The Morgan fingerprint density at radius 2 is 1.95 bits per heavy atom. The fraction of sp³-hybridized carbons (Fsp3) is 0.385. The number of carbonyl (C=O) groups excluding carboxylic acids is 1. The lowest BCUT2D eigenvalue weighted by Crippen LogP contribution is -2.59. The summed E-state index contributed by atoms with van der Waals surface area (Å²) in [5.41, 5.74) is -0.842. The van der Waals surface area contributed by atoms with Gasteiger partial charge in [0.1, 0.15) is 6.61 Å². The summed E-state index contributed by atoms with van der Waals surface area (Å²) in [6.07, 6.45) is -0.604. The first-order valence-electron chi connectivity index (χ1n) is 5.92. The van der Waals surface area contributed by atoms with Crippen molar-refractivity contribution in [1.82, 2.24) is 5.32 Å². The normalized spacial score (nSPS) is 25.2. The van der Waals surface area contributed by atoms with E-state index in [1.807, 2.05) is 30.3 Å². The van der Waals surface area contributed by atoms with Crippen molar-refractivity contribution in [3.05, 3.63) is 35.9 Å². The molecule has 102 valence electrons. The molecule has 2 rings (SSSR count). The zero-order valence-electron chi connectivity index (χ0n) is 10.2. The van der Waals surface area contributed by atoms with Crippen LogP contribution in [0.3, 0.4) is 0 Å². The Balaban J connectivity index is 1.71. The van der Waals surface area contributed by atoms with E-state index in [9.17, 15) is 14.7 Å². The Kier molecular flexibility index (Phi) is 3.71. The molecule has 0 spiro atoms. The summed E-state index contributed by atoms with van der Waals surface area (Å²) in [6.45, 7) is 0.155. The fourth-order valence-corrected chi connectivity index (χ4v) is 1.96. The van der Waals surface area contributed by atoms with Crippen molar-refractivity contribution in [2.45, 2.75) is 31.1 Å². The third kappa shape index (κ3) is 3.23. The molecule has 0 aliphatic heterocycles. The Bertz CT molecular complexity index is 467. The first kappa shape index (κ1) is 13.4. The summed E-state index contributed by atoms with van der Waals surface area (Å²) in [5, 5.41) is 20.7. The molecule has 0 aromatic heterocycles. The van der Waals surface area contributed by atoms with Crippen molar-refractivity contribution < 1.29 is 24.5 Å². The molecule has 1 aromatic rings. The van der Waals surface area contributed by atoms with E-state index in [0.29, 0.717) is 0 Å².